The standard InChI is InChI=1S/C23H29N3O4S/c1-24(31(29,30)21-12-6-3-7-13-21)19-23(28)26-17-15-25(16-18-26)22(27)14-8-11-20-9-4-2-5-10-20/h2-7,9-10,12-13H,8,11,14-19H2,1H3. The smallest absolute Gasteiger partial charge is 0.243 e. The number of nitrogens with zero attached hydrogens (tertiary/aromatic N) is 3. The third kappa shape index (κ3) is 6.15. The minimum absolute atomic E-state index is 0.104. The maximum absolute atomic E-state index is 12.6. The predicted molar refractivity (Wildman–Crippen MR) is 119 cm³/mol. The molecule has 3 rings (SSSR count). The van der Waals surface area contributed by atoms with Gasteiger partial charge in [-0.1, -0.05) is 48.5 Å². The Kier molecular flexibility index (Phi) is 7.81. The maximum Gasteiger partial charge on any atom is 0.243 e. The third-order valence-electron chi connectivity index (χ3n) is 5.49. The van der Waals surface area contributed by atoms with E-state index in [0.717, 1.165) is 17.1 Å². The minimum Gasteiger partial charge on any atom is -0.339 e. The summed E-state index contributed by atoms with van der Waals surface area (Å²) in [6, 6.07) is 18.2. The van der Waals surface area contributed by atoms with Crippen molar-refractivity contribution >= 4 is 21.8 Å². The first-order valence-corrected chi connectivity index (χ1v) is 11.9. The summed E-state index contributed by atoms with van der Waals surface area (Å²) in [5.41, 5.74) is 1.22. The number of benzene rings is 2. The molecule has 31 heavy (non-hydrogen) atoms. The topological polar surface area (TPSA) is 78.0 Å². The average Bonchev–Trinajstić information content (AvgIpc) is 2.80. The number of likely N-dealkylation sites (N-methyl/N-ethyl adjacent to an activating group) is 1. The quantitative estimate of drug-likeness (QED) is 0.625. The fourth-order valence-electron chi connectivity index (χ4n) is 3.60. The summed E-state index contributed by atoms with van der Waals surface area (Å²) in [4.78, 5) is 28.7. The van der Waals surface area contributed by atoms with Crippen LogP contribution in [-0.2, 0) is 26.0 Å². The summed E-state index contributed by atoms with van der Waals surface area (Å²) in [5, 5.41) is 0. The van der Waals surface area contributed by atoms with Gasteiger partial charge in [0.05, 0.1) is 11.4 Å². The van der Waals surface area contributed by atoms with Crippen molar-refractivity contribution in [2.75, 3.05) is 39.8 Å². The van der Waals surface area contributed by atoms with Gasteiger partial charge in [-0.25, -0.2) is 8.42 Å². The number of aryl methyl sites for hydroxylation is 1. The Hall–Kier alpha value is -2.71. The zero-order chi connectivity index (χ0) is 22.3. The molecule has 2 aromatic rings. The molecule has 0 atom stereocenters. The first kappa shape index (κ1) is 23.0. The predicted octanol–water partition coefficient (Wildman–Crippen LogP) is 2.00. The lowest BCUT2D eigenvalue weighted by Crippen LogP contribution is -2.52. The third-order valence-corrected chi connectivity index (χ3v) is 7.31. The molecular weight excluding hydrogens is 414 g/mol. The Morgan fingerprint density at radius 2 is 1.35 bits per heavy atom. The van der Waals surface area contributed by atoms with Gasteiger partial charge < -0.3 is 9.80 Å². The Morgan fingerprint density at radius 1 is 0.839 bits per heavy atom. The largest absolute Gasteiger partial charge is 0.339 e. The second-order valence-corrected chi connectivity index (χ2v) is 9.72. The average molecular weight is 444 g/mol. The highest BCUT2D eigenvalue weighted by Gasteiger charge is 2.28. The second kappa shape index (κ2) is 10.5. The molecule has 1 aliphatic heterocycles. The summed E-state index contributed by atoms with van der Waals surface area (Å²) >= 11 is 0. The Bertz CT molecular complexity index is 972. The lowest BCUT2D eigenvalue weighted by molar-refractivity contribution is -0.139. The SMILES string of the molecule is CN(CC(=O)N1CCN(C(=O)CCCc2ccccc2)CC1)S(=O)(=O)c1ccccc1. The number of rotatable bonds is 8. The number of carbonyl (C=O) groups is 2. The first-order valence-electron chi connectivity index (χ1n) is 10.5. The van der Waals surface area contributed by atoms with Crippen LogP contribution in [0, 0.1) is 0 Å². The Balaban J connectivity index is 1.43. The summed E-state index contributed by atoms with van der Waals surface area (Å²) in [6.07, 6.45) is 2.15. The van der Waals surface area contributed by atoms with Crippen LogP contribution in [0.2, 0.25) is 0 Å². The minimum atomic E-state index is -3.71. The van der Waals surface area contributed by atoms with E-state index >= 15 is 0 Å². The van der Waals surface area contributed by atoms with Crippen LogP contribution in [0.1, 0.15) is 18.4 Å². The molecule has 0 aromatic heterocycles. The van der Waals surface area contributed by atoms with Gasteiger partial charge in [0.1, 0.15) is 0 Å². The number of sulfonamides is 1. The number of piperazine rings is 1. The molecule has 166 valence electrons. The van der Waals surface area contributed by atoms with E-state index in [0.29, 0.717) is 32.6 Å². The molecule has 0 spiro atoms. The maximum atomic E-state index is 12.6. The van der Waals surface area contributed by atoms with Crippen LogP contribution in [0.15, 0.2) is 65.6 Å². The van der Waals surface area contributed by atoms with Crippen LogP contribution < -0.4 is 0 Å². The van der Waals surface area contributed by atoms with E-state index in [2.05, 4.69) is 12.1 Å². The van der Waals surface area contributed by atoms with Crippen LogP contribution >= 0.6 is 0 Å². The molecule has 1 saturated heterocycles. The molecule has 0 unspecified atom stereocenters. The summed E-state index contributed by atoms with van der Waals surface area (Å²) < 4.78 is 26.3. The van der Waals surface area contributed by atoms with Crippen molar-refractivity contribution in [3.8, 4) is 0 Å². The molecule has 2 amide bonds. The number of carbonyl (C=O) groups excluding carboxylic acids is 2. The highest BCUT2D eigenvalue weighted by Crippen LogP contribution is 2.14. The van der Waals surface area contributed by atoms with Crippen LogP contribution in [0.4, 0.5) is 0 Å². The van der Waals surface area contributed by atoms with Crippen molar-refractivity contribution in [2.45, 2.75) is 24.2 Å². The van der Waals surface area contributed by atoms with Gasteiger partial charge in [0.25, 0.3) is 0 Å². The molecule has 0 bridgehead atoms. The van der Waals surface area contributed by atoms with Gasteiger partial charge in [-0.2, -0.15) is 4.31 Å². The summed E-state index contributed by atoms with van der Waals surface area (Å²) in [5.74, 6) is -0.148. The Morgan fingerprint density at radius 3 is 1.94 bits per heavy atom. The highest BCUT2D eigenvalue weighted by molar-refractivity contribution is 7.89. The van der Waals surface area contributed by atoms with Gasteiger partial charge in [-0.3, -0.25) is 9.59 Å². The lowest BCUT2D eigenvalue weighted by Gasteiger charge is -2.35. The van der Waals surface area contributed by atoms with E-state index in [1.165, 1.54) is 24.7 Å². The van der Waals surface area contributed by atoms with E-state index < -0.39 is 10.0 Å². The number of hydrogen-bond acceptors (Lipinski definition) is 4. The van der Waals surface area contributed by atoms with E-state index in [-0.39, 0.29) is 23.3 Å². The van der Waals surface area contributed by atoms with Crippen molar-refractivity contribution in [1.82, 2.24) is 14.1 Å². The lowest BCUT2D eigenvalue weighted by atomic mass is 10.1. The van der Waals surface area contributed by atoms with E-state index in [4.69, 9.17) is 0 Å². The van der Waals surface area contributed by atoms with E-state index in [1.807, 2.05) is 18.2 Å². The molecule has 1 fully saturated rings. The zero-order valence-corrected chi connectivity index (χ0v) is 18.6. The molecule has 0 saturated carbocycles. The molecule has 2 aromatic carbocycles. The zero-order valence-electron chi connectivity index (χ0n) is 17.8. The van der Waals surface area contributed by atoms with Gasteiger partial charge in [0.2, 0.25) is 21.8 Å². The second-order valence-electron chi connectivity index (χ2n) is 7.67. The van der Waals surface area contributed by atoms with Gasteiger partial charge in [-0.15, -0.1) is 0 Å². The van der Waals surface area contributed by atoms with Crippen molar-refractivity contribution in [3.05, 3.63) is 66.2 Å². The van der Waals surface area contributed by atoms with Crippen LogP contribution in [0.3, 0.4) is 0 Å². The van der Waals surface area contributed by atoms with E-state index in [1.54, 1.807) is 28.0 Å². The number of hydrogen-bond donors (Lipinski definition) is 0. The Labute approximate surface area is 184 Å². The molecule has 7 nitrogen and oxygen atoms in total. The van der Waals surface area contributed by atoms with Gasteiger partial charge in [-0.05, 0) is 30.5 Å². The molecule has 0 aliphatic carbocycles. The fraction of sp³-hybridized carbons (Fsp3) is 0.391. The van der Waals surface area contributed by atoms with Gasteiger partial charge >= 0.3 is 0 Å². The van der Waals surface area contributed by atoms with Crippen molar-refractivity contribution in [3.63, 3.8) is 0 Å². The molecule has 0 N–H and O–H groups in total. The fourth-order valence-corrected chi connectivity index (χ4v) is 4.74. The van der Waals surface area contributed by atoms with Gasteiger partial charge in [0, 0.05) is 39.6 Å². The molecule has 1 heterocycles. The molecular formula is C23H29N3O4S. The van der Waals surface area contributed by atoms with Crippen molar-refractivity contribution < 1.29 is 18.0 Å². The summed E-state index contributed by atoms with van der Waals surface area (Å²) in [7, 11) is -2.30. The number of amides is 2. The van der Waals surface area contributed by atoms with Crippen LogP contribution in [0.5, 0.6) is 0 Å². The van der Waals surface area contributed by atoms with Crippen LogP contribution in [0.25, 0.3) is 0 Å². The van der Waals surface area contributed by atoms with E-state index in [9.17, 15) is 18.0 Å². The van der Waals surface area contributed by atoms with Gasteiger partial charge in [0.15, 0.2) is 0 Å². The van der Waals surface area contributed by atoms with Crippen molar-refractivity contribution in [1.29, 1.82) is 0 Å². The molecule has 0 radical (unpaired) electrons. The first-order chi connectivity index (χ1) is 14.9. The highest BCUT2D eigenvalue weighted by atomic mass is 32.2. The normalized spacial score (nSPS) is 14.6. The monoisotopic (exact) mass is 443 g/mol. The molecule has 8 heteroatoms. The van der Waals surface area contributed by atoms with Crippen molar-refractivity contribution in [2.24, 2.45) is 0 Å². The van der Waals surface area contributed by atoms with Crippen LogP contribution in [-0.4, -0.2) is 74.1 Å². The molecule has 1 aliphatic rings. The summed E-state index contributed by atoms with van der Waals surface area (Å²) in [6.45, 7) is 1.57.